The number of aromatic nitrogens is 6. The van der Waals surface area contributed by atoms with E-state index in [4.69, 9.17) is 11.5 Å². The van der Waals surface area contributed by atoms with Gasteiger partial charge in [0, 0.05) is 55.6 Å². The molecule has 2 aromatic heterocycles. The maximum atomic E-state index is 14.0. The van der Waals surface area contributed by atoms with Gasteiger partial charge in [-0.05, 0) is 90.4 Å². The number of tetrazole rings is 1. The zero-order valence-electron chi connectivity index (χ0n) is 25.6. The molecule has 2 aromatic carbocycles. The van der Waals surface area contributed by atoms with Crippen LogP contribution in [0, 0.1) is 11.8 Å². The van der Waals surface area contributed by atoms with Gasteiger partial charge < -0.3 is 21.7 Å². The summed E-state index contributed by atoms with van der Waals surface area (Å²) in [5.41, 5.74) is 16.3. The van der Waals surface area contributed by atoms with Crippen molar-refractivity contribution in [2.45, 2.75) is 38.1 Å². The van der Waals surface area contributed by atoms with Crippen molar-refractivity contribution >= 4 is 35.9 Å². The van der Waals surface area contributed by atoms with E-state index in [1.807, 2.05) is 36.7 Å². The fourth-order valence-electron chi connectivity index (χ4n) is 6.12. The Labute approximate surface area is 274 Å². The van der Waals surface area contributed by atoms with E-state index in [0.717, 1.165) is 67.2 Å². The lowest BCUT2D eigenvalue weighted by atomic mass is 9.81. The zero-order chi connectivity index (χ0) is 31.2. The Hall–Kier alpha value is -4.30. The number of amides is 2. The minimum atomic E-state index is -0.936. The lowest BCUT2D eigenvalue weighted by molar-refractivity contribution is -0.130. The number of aromatic amines is 1. The highest BCUT2D eigenvalue weighted by Gasteiger charge is 2.35. The number of hydrogen-bond donors (Lipinski definition) is 4. The molecule has 1 aliphatic carbocycles. The molecule has 242 valence electrons. The van der Waals surface area contributed by atoms with Gasteiger partial charge >= 0.3 is 0 Å². The monoisotopic (exact) mass is 645 g/mol. The number of anilines is 2. The van der Waals surface area contributed by atoms with Gasteiger partial charge in [-0.1, -0.05) is 24.3 Å². The first-order valence-electron chi connectivity index (χ1n) is 15.5. The van der Waals surface area contributed by atoms with Crippen molar-refractivity contribution < 1.29 is 9.59 Å². The number of rotatable bonds is 9. The largest absolute Gasteiger partial charge is 0.338 e. The molecule has 0 unspecified atom stereocenters. The standard InChI is InChI=1S/C32H39N11O2.ClH/c33-18-21-4-6-24(7-5-21)30(44)43(27-10-8-23(9-11-27)29-38-40-41-39-29)31(45)28(34)17-22-2-1-3-25(16-22)26-19-36-32(37-20-26)42-14-12-35-13-15-42;/h1-3,8-11,16,19-21,24,28,35H,4-7,12-15,17-18,33-34H2,(H,38,39,40,41);1H/t21-,24-,28-;/m0./s1. The molecule has 0 spiro atoms. The average Bonchev–Trinajstić information content (AvgIpc) is 3.65. The third-order valence-electron chi connectivity index (χ3n) is 8.79. The molecule has 4 aromatic rings. The molecule has 2 fully saturated rings. The van der Waals surface area contributed by atoms with E-state index in [9.17, 15) is 9.59 Å². The fraction of sp³-hybridized carbons (Fsp3) is 0.406. The molecule has 13 nitrogen and oxygen atoms in total. The number of hydrogen-bond acceptors (Lipinski definition) is 11. The smallest absolute Gasteiger partial charge is 0.251 e. The Kier molecular flexibility index (Phi) is 11.0. The number of nitrogens with two attached hydrogens (primary N) is 2. The average molecular weight is 646 g/mol. The summed E-state index contributed by atoms with van der Waals surface area (Å²) in [5, 5.41) is 17.3. The summed E-state index contributed by atoms with van der Waals surface area (Å²) < 4.78 is 0. The number of carbonyl (C=O) groups is 2. The van der Waals surface area contributed by atoms with E-state index < -0.39 is 11.9 Å². The minimum Gasteiger partial charge on any atom is -0.338 e. The topological polar surface area (TPSA) is 185 Å². The number of piperazine rings is 1. The van der Waals surface area contributed by atoms with Gasteiger partial charge in [-0.15, -0.1) is 17.5 Å². The molecular formula is C32H40ClN11O2. The second-order valence-corrected chi connectivity index (χ2v) is 11.8. The maximum absolute atomic E-state index is 14.0. The number of imide groups is 1. The molecule has 1 saturated carbocycles. The number of carbonyl (C=O) groups excluding carboxylic acids is 2. The normalized spacial score (nSPS) is 18.8. The Morgan fingerprint density at radius 3 is 2.33 bits per heavy atom. The van der Waals surface area contributed by atoms with Crippen molar-refractivity contribution in [1.82, 2.24) is 35.9 Å². The second-order valence-electron chi connectivity index (χ2n) is 11.8. The van der Waals surface area contributed by atoms with Gasteiger partial charge in [0.1, 0.15) is 0 Å². The fourth-order valence-corrected chi connectivity index (χ4v) is 6.12. The van der Waals surface area contributed by atoms with E-state index in [-0.39, 0.29) is 30.7 Å². The highest BCUT2D eigenvalue weighted by atomic mass is 35.5. The van der Waals surface area contributed by atoms with Crippen molar-refractivity contribution in [2.24, 2.45) is 23.3 Å². The number of halogens is 1. The second kappa shape index (κ2) is 15.3. The van der Waals surface area contributed by atoms with Crippen LogP contribution < -0.4 is 26.6 Å². The molecule has 1 aliphatic heterocycles. The maximum Gasteiger partial charge on any atom is 0.251 e. The third kappa shape index (κ3) is 7.56. The molecule has 0 radical (unpaired) electrons. The number of nitrogens with zero attached hydrogens (tertiary/aromatic N) is 7. The lowest BCUT2D eigenvalue weighted by Gasteiger charge is -2.32. The van der Waals surface area contributed by atoms with Crippen LogP contribution in [0.4, 0.5) is 11.6 Å². The van der Waals surface area contributed by atoms with Gasteiger partial charge in [-0.3, -0.25) is 9.59 Å². The first-order valence-corrected chi connectivity index (χ1v) is 15.5. The van der Waals surface area contributed by atoms with E-state index in [2.05, 4.69) is 40.8 Å². The van der Waals surface area contributed by atoms with Crippen LogP contribution in [0.2, 0.25) is 0 Å². The van der Waals surface area contributed by atoms with Crippen LogP contribution in [0.25, 0.3) is 22.5 Å². The highest BCUT2D eigenvalue weighted by Crippen LogP contribution is 2.32. The predicted octanol–water partition coefficient (Wildman–Crippen LogP) is 2.35. The van der Waals surface area contributed by atoms with Crippen molar-refractivity contribution in [3.05, 3.63) is 66.5 Å². The summed E-state index contributed by atoms with van der Waals surface area (Å²) in [6.45, 7) is 4.18. The van der Waals surface area contributed by atoms with E-state index >= 15 is 0 Å². The lowest BCUT2D eigenvalue weighted by Crippen LogP contribution is -2.50. The summed E-state index contributed by atoms with van der Waals surface area (Å²) in [5.74, 6) is 0.683. The van der Waals surface area contributed by atoms with Crippen LogP contribution >= 0.6 is 12.4 Å². The van der Waals surface area contributed by atoms with Gasteiger partial charge in [0.05, 0.1) is 11.7 Å². The summed E-state index contributed by atoms with van der Waals surface area (Å²) in [7, 11) is 0. The zero-order valence-corrected chi connectivity index (χ0v) is 26.4. The Balaban J connectivity index is 0.00000417. The van der Waals surface area contributed by atoms with Gasteiger partial charge in [0.15, 0.2) is 5.82 Å². The Morgan fingerprint density at radius 1 is 0.957 bits per heavy atom. The van der Waals surface area contributed by atoms with Crippen molar-refractivity contribution in [2.75, 3.05) is 42.5 Å². The van der Waals surface area contributed by atoms with Crippen LogP contribution in [0.5, 0.6) is 0 Å². The molecular weight excluding hydrogens is 606 g/mol. The molecule has 46 heavy (non-hydrogen) atoms. The molecule has 1 saturated heterocycles. The summed E-state index contributed by atoms with van der Waals surface area (Å²) in [6.07, 6.45) is 7.03. The summed E-state index contributed by atoms with van der Waals surface area (Å²) in [4.78, 5) is 40.6. The van der Waals surface area contributed by atoms with Crippen LogP contribution in [0.15, 0.2) is 60.9 Å². The van der Waals surface area contributed by atoms with Crippen LogP contribution in [-0.2, 0) is 16.0 Å². The molecule has 2 aliphatic rings. The molecule has 14 heteroatoms. The van der Waals surface area contributed by atoms with Crippen LogP contribution in [-0.4, -0.2) is 81.2 Å². The van der Waals surface area contributed by atoms with Gasteiger partial charge in [0.2, 0.25) is 11.9 Å². The predicted molar refractivity (Wildman–Crippen MR) is 178 cm³/mol. The van der Waals surface area contributed by atoms with E-state index in [1.165, 1.54) is 4.90 Å². The van der Waals surface area contributed by atoms with Crippen molar-refractivity contribution in [3.63, 3.8) is 0 Å². The van der Waals surface area contributed by atoms with E-state index in [1.54, 1.807) is 24.3 Å². The third-order valence-corrected chi connectivity index (χ3v) is 8.79. The van der Waals surface area contributed by atoms with Gasteiger partial charge in [-0.2, -0.15) is 0 Å². The highest BCUT2D eigenvalue weighted by molar-refractivity contribution is 6.17. The Bertz CT molecular complexity index is 1570. The van der Waals surface area contributed by atoms with Crippen LogP contribution in [0.3, 0.4) is 0 Å². The number of nitrogens with one attached hydrogen (secondary N) is 2. The summed E-state index contributed by atoms with van der Waals surface area (Å²) >= 11 is 0. The number of benzene rings is 2. The van der Waals surface area contributed by atoms with E-state index in [0.29, 0.717) is 36.8 Å². The van der Waals surface area contributed by atoms with Crippen LogP contribution in [0.1, 0.15) is 31.2 Å². The molecule has 6 rings (SSSR count). The first kappa shape index (κ1) is 33.1. The molecule has 1 atom stereocenters. The summed E-state index contributed by atoms with van der Waals surface area (Å²) in [6, 6.07) is 13.9. The Morgan fingerprint density at radius 2 is 1.67 bits per heavy atom. The van der Waals surface area contributed by atoms with Gasteiger partial charge in [-0.25, -0.2) is 20.0 Å². The molecule has 3 heterocycles. The number of H-pyrrole nitrogens is 1. The quantitative estimate of drug-likeness (QED) is 0.209. The minimum absolute atomic E-state index is 0. The van der Waals surface area contributed by atoms with Gasteiger partial charge in [0.25, 0.3) is 5.91 Å². The van der Waals surface area contributed by atoms with Crippen molar-refractivity contribution in [3.8, 4) is 22.5 Å². The SMILES string of the molecule is Cl.NC[C@H]1CC[C@H](C(=O)N(C(=O)[C@@H](N)Cc2cccc(-c3cnc(N4CCNCC4)nc3)c2)c2ccc(-c3nnn[nH]3)cc2)CC1. The molecule has 0 bridgehead atoms. The first-order chi connectivity index (χ1) is 22.0. The van der Waals surface area contributed by atoms with Crippen molar-refractivity contribution in [1.29, 1.82) is 0 Å². The molecule has 2 amide bonds. The molecule has 6 N–H and O–H groups in total.